The van der Waals surface area contributed by atoms with Gasteiger partial charge in [-0.15, -0.1) is 0 Å². The topological polar surface area (TPSA) is 142 Å². The van der Waals surface area contributed by atoms with Crippen LogP contribution in [0.2, 0.25) is 0 Å². The zero-order valence-electron chi connectivity index (χ0n) is 10.7. The number of rotatable bonds is 5. The molecular formula is C12H15N3O5. The molecule has 0 aliphatic carbocycles. The molecule has 20 heavy (non-hydrogen) atoms. The summed E-state index contributed by atoms with van der Waals surface area (Å²) < 4.78 is 0. The summed E-state index contributed by atoms with van der Waals surface area (Å²) in [5.41, 5.74) is 3.57. The van der Waals surface area contributed by atoms with Crippen molar-refractivity contribution in [2.75, 3.05) is 11.9 Å². The lowest BCUT2D eigenvalue weighted by Gasteiger charge is -2.18. The van der Waals surface area contributed by atoms with E-state index in [0.29, 0.717) is 5.69 Å². The van der Waals surface area contributed by atoms with Crippen LogP contribution < -0.4 is 16.4 Å². The maximum atomic E-state index is 11.7. The minimum atomic E-state index is -2.04. The summed E-state index contributed by atoms with van der Waals surface area (Å²) in [7, 11) is 0. The summed E-state index contributed by atoms with van der Waals surface area (Å²) in [6.45, 7) is 0.651. The summed E-state index contributed by atoms with van der Waals surface area (Å²) in [5.74, 6) is -1.98. The Balaban J connectivity index is 2.64. The normalized spacial score (nSPS) is 13.1. The summed E-state index contributed by atoms with van der Waals surface area (Å²) in [5, 5.41) is 22.8. The van der Waals surface area contributed by atoms with E-state index < -0.39 is 30.1 Å². The smallest absolute Gasteiger partial charge is 0.337 e. The van der Waals surface area contributed by atoms with E-state index in [4.69, 9.17) is 10.8 Å². The number of aliphatic carboxylic acids is 1. The minimum absolute atomic E-state index is 0.251. The largest absolute Gasteiger partial charge is 0.479 e. The first-order valence-electron chi connectivity index (χ1n) is 5.63. The van der Waals surface area contributed by atoms with Gasteiger partial charge in [0.25, 0.3) is 5.91 Å². The number of urea groups is 1. The number of carboxylic acid groups (broad SMARTS) is 1. The molecular weight excluding hydrogens is 266 g/mol. The second-order valence-corrected chi connectivity index (χ2v) is 4.33. The Morgan fingerprint density at radius 2 is 1.80 bits per heavy atom. The predicted octanol–water partition coefficient (Wildman–Crippen LogP) is -0.257. The van der Waals surface area contributed by atoms with Gasteiger partial charge < -0.3 is 26.6 Å². The number of hydrogen-bond donors (Lipinski definition) is 5. The van der Waals surface area contributed by atoms with Gasteiger partial charge in [0.15, 0.2) is 5.60 Å². The highest BCUT2D eigenvalue weighted by Gasteiger charge is 2.30. The molecule has 0 bridgehead atoms. The van der Waals surface area contributed by atoms with E-state index in [2.05, 4.69) is 10.6 Å². The van der Waals surface area contributed by atoms with Crippen molar-refractivity contribution < 1.29 is 24.6 Å². The second-order valence-electron chi connectivity index (χ2n) is 4.33. The van der Waals surface area contributed by atoms with Gasteiger partial charge in [-0.2, -0.15) is 0 Å². The summed E-state index contributed by atoms with van der Waals surface area (Å²) in [4.78, 5) is 33.0. The van der Waals surface area contributed by atoms with Gasteiger partial charge in [-0.05, 0) is 31.2 Å². The van der Waals surface area contributed by atoms with Crippen molar-refractivity contribution in [2.24, 2.45) is 5.73 Å². The number of aliphatic hydroxyl groups is 1. The molecule has 1 aromatic rings. The van der Waals surface area contributed by atoms with E-state index in [1.165, 1.54) is 24.3 Å². The number of hydrogen-bond acceptors (Lipinski definition) is 4. The molecule has 1 unspecified atom stereocenters. The average Bonchev–Trinajstić information content (AvgIpc) is 2.36. The third kappa shape index (κ3) is 4.25. The summed E-state index contributed by atoms with van der Waals surface area (Å²) in [6, 6.07) is 5.07. The number of benzene rings is 1. The van der Waals surface area contributed by atoms with Crippen LogP contribution in [0.4, 0.5) is 10.5 Å². The Bertz CT molecular complexity index is 524. The van der Waals surface area contributed by atoms with Crippen molar-refractivity contribution in [2.45, 2.75) is 12.5 Å². The number of primary amides is 1. The average molecular weight is 281 g/mol. The SMILES string of the molecule is CC(O)(CNC(=O)c1ccc(NC(N)=O)cc1)C(=O)O. The number of amides is 3. The van der Waals surface area contributed by atoms with E-state index in [1.54, 1.807) is 0 Å². The second kappa shape index (κ2) is 6.02. The Labute approximate surface area is 114 Å². The summed E-state index contributed by atoms with van der Waals surface area (Å²) in [6.07, 6.45) is 0. The standard InChI is InChI=1S/C12H15N3O5/c1-12(20,10(17)18)6-14-9(16)7-2-4-8(5-3-7)15-11(13)19/h2-5,20H,6H2,1H3,(H,14,16)(H,17,18)(H3,13,15,19). The lowest BCUT2D eigenvalue weighted by molar-refractivity contribution is -0.155. The molecule has 0 fully saturated rings. The third-order valence-electron chi connectivity index (χ3n) is 2.47. The Morgan fingerprint density at radius 1 is 1.25 bits per heavy atom. The maximum absolute atomic E-state index is 11.7. The Hall–Kier alpha value is -2.61. The lowest BCUT2D eigenvalue weighted by Crippen LogP contribution is -2.46. The van der Waals surface area contributed by atoms with Crippen LogP contribution in [0.1, 0.15) is 17.3 Å². The van der Waals surface area contributed by atoms with Crippen LogP contribution in [-0.2, 0) is 4.79 Å². The molecule has 6 N–H and O–H groups in total. The van der Waals surface area contributed by atoms with E-state index in [1.807, 2.05) is 0 Å². The Morgan fingerprint density at radius 3 is 2.25 bits per heavy atom. The number of nitrogens with one attached hydrogen (secondary N) is 2. The number of carboxylic acids is 1. The number of nitrogens with two attached hydrogens (primary N) is 1. The van der Waals surface area contributed by atoms with Gasteiger partial charge in [0, 0.05) is 11.3 Å². The molecule has 0 heterocycles. The van der Waals surface area contributed by atoms with E-state index >= 15 is 0 Å². The first kappa shape index (κ1) is 15.4. The molecule has 1 rings (SSSR count). The highest BCUT2D eigenvalue weighted by molar-refractivity contribution is 5.95. The van der Waals surface area contributed by atoms with Gasteiger partial charge >= 0.3 is 12.0 Å². The van der Waals surface area contributed by atoms with E-state index in [-0.39, 0.29) is 5.56 Å². The van der Waals surface area contributed by atoms with Crippen molar-refractivity contribution in [3.8, 4) is 0 Å². The Kier molecular flexibility index (Phi) is 4.65. The van der Waals surface area contributed by atoms with Crippen LogP contribution in [0.5, 0.6) is 0 Å². The molecule has 0 saturated carbocycles. The quantitative estimate of drug-likeness (QED) is 0.505. The molecule has 0 spiro atoms. The van der Waals surface area contributed by atoms with Gasteiger partial charge in [0.1, 0.15) is 0 Å². The molecule has 0 saturated heterocycles. The molecule has 8 heteroatoms. The predicted molar refractivity (Wildman–Crippen MR) is 70.2 cm³/mol. The third-order valence-corrected chi connectivity index (χ3v) is 2.47. The minimum Gasteiger partial charge on any atom is -0.479 e. The van der Waals surface area contributed by atoms with Gasteiger partial charge in [0.2, 0.25) is 0 Å². The van der Waals surface area contributed by atoms with Crippen molar-refractivity contribution in [3.05, 3.63) is 29.8 Å². The van der Waals surface area contributed by atoms with E-state index in [0.717, 1.165) is 6.92 Å². The zero-order chi connectivity index (χ0) is 15.3. The van der Waals surface area contributed by atoms with Crippen molar-refractivity contribution in [1.82, 2.24) is 5.32 Å². The highest BCUT2D eigenvalue weighted by Crippen LogP contribution is 2.09. The van der Waals surface area contributed by atoms with Crippen molar-refractivity contribution in [3.63, 3.8) is 0 Å². The fourth-order valence-corrected chi connectivity index (χ4v) is 1.28. The van der Waals surface area contributed by atoms with Crippen LogP contribution in [0, 0.1) is 0 Å². The van der Waals surface area contributed by atoms with Crippen LogP contribution in [0.15, 0.2) is 24.3 Å². The molecule has 8 nitrogen and oxygen atoms in total. The van der Waals surface area contributed by atoms with Crippen LogP contribution in [0.3, 0.4) is 0 Å². The van der Waals surface area contributed by atoms with Crippen LogP contribution in [-0.4, -0.2) is 40.3 Å². The van der Waals surface area contributed by atoms with Gasteiger partial charge in [-0.3, -0.25) is 4.79 Å². The summed E-state index contributed by atoms with van der Waals surface area (Å²) >= 11 is 0. The van der Waals surface area contributed by atoms with Gasteiger partial charge in [0.05, 0.1) is 6.54 Å². The monoisotopic (exact) mass is 281 g/mol. The fourth-order valence-electron chi connectivity index (χ4n) is 1.28. The van der Waals surface area contributed by atoms with Crippen molar-refractivity contribution in [1.29, 1.82) is 0 Å². The molecule has 1 atom stereocenters. The lowest BCUT2D eigenvalue weighted by atomic mass is 10.1. The highest BCUT2D eigenvalue weighted by atomic mass is 16.4. The molecule has 0 aromatic heterocycles. The number of anilines is 1. The molecule has 3 amide bonds. The molecule has 0 aliphatic heterocycles. The van der Waals surface area contributed by atoms with Crippen LogP contribution in [0.25, 0.3) is 0 Å². The van der Waals surface area contributed by atoms with Crippen LogP contribution >= 0.6 is 0 Å². The molecule has 1 aromatic carbocycles. The van der Waals surface area contributed by atoms with Gasteiger partial charge in [-0.1, -0.05) is 0 Å². The van der Waals surface area contributed by atoms with E-state index in [9.17, 15) is 19.5 Å². The zero-order valence-corrected chi connectivity index (χ0v) is 10.7. The number of carbonyl (C=O) groups is 3. The van der Waals surface area contributed by atoms with Gasteiger partial charge in [-0.25, -0.2) is 9.59 Å². The first-order chi connectivity index (χ1) is 9.22. The van der Waals surface area contributed by atoms with Crippen molar-refractivity contribution >= 4 is 23.6 Å². The fraction of sp³-hybridized carbons (Fsp3) is 0.250. The molecule has 108 valence electrons. The molecule has 0 aliphatic rings. The number of carbonyl (C=O) groups excluding carboxylic acids is 2. The molecule has 0 radical (unpaired) electrons. The maximum Gasteiger partial charge on any atom is 0.337 e. The first-order valence-corrected chi connectivity index (χ1v) is 5.63.